The topological polar surface area (TPSA) is 126 Å². The van der Waals surface area contributed by atoms with Gasteiger partial charge in [-0.05, 0) is 75.4 Å². The Labute approximate surface area is 216 Å². The van der Waals surface area contributed by atoms with E-state index in [0.717, 1.165) is 41.9 Å². The van der Waals surface area contributed by atoms with E-state index in [1.54, 1.807) is 4.90 Å². The Hall–Kier alpha value is -3.47. The zero-order chi connectivity index (χ0) is 26.5. The number of aliphatic hydroxyl groups excluding tert-OH is 1. The largest absolute Gasteiger partial charge is 0.486 e. The van der Waals surface area contributed by atoms with Crippen molar-refractivity contribution in [2.75, 3.05) is 50.0 Å². The Balaban J connectivity index is 1.49. The highest BCUT2D eigenvalue weighted by atomic mass is 19.1. The maximum atomic E-state index is 14.2. The van der Waals surface area contributed by atoms with Gasteiger partial charge in [-0.1, -0.05) is 0 Å². The van der Waals surface area contributed by atoms with Crippen molar-refractivity contribution in [2.24, 2.45) is 10.9 Å². The summed E-state index contributed by atoms with van der Waals surface area (Å²) in [6.45, 7) is 10.5. The van der Waals surface area contributed by atoms with Gasteiger partial charge < -0.3 is 30.1 Å². The van der Waals surface area contributed by atoms with Crippen molar-refractivity contribution in [1.82, 2.24) is 14.9 Å². The molecule has 37 heavy (non-hydrogen) atoms. The molecule has 10 nitrogen and oxygen atoms in total. The molecular formula is C26H35FN6O4. The molecule has 0 radical (unpaired) electrons. The number of aromatic nitrogens is 2. The average Bonchev–Trinajstić information content (AvgIpc) is 2.88. The highest BCUT2D eigenvalue weighted by Crippen LogP contribution is 2.35. The van der Waals surface area contributed by atoms with E-state index >= 15 is 0 Å². The number of nitrogens with zero attached hydrogens (tertiary/aromatic N) is 5. The highest BCUT2D eigenvalue weighted by molar-refractivity contribution is 5.80. The molecule has 3 N–H and O–H groups in total. The molecule has 0 unspecified atom stereocenters. The minimum absolute atomic E-state index is 0.0528. The standard InChI is InChI=1S/C26H35FN6O4/c1-16-14-20-21(37-13-12-36-20)15-19(16)7-11-32(24-22(29-3)23(28)30-26(27)31-24)8-4-18-5-9-33(10-6-18)25(35)17(2)34/h14-15,17-18,34H,3-13H2,1-2H3,(H2,28,30,31)/t17-/m0/s1. The van der Waals surface area contributed by atoms with E-state index in [2.05, 4.69) is 21.7 Å². The van der Waals surface area contributed by atoms with Crippen molar-refractivity contribution < 1.29 is 23.8 Å². The van der Waals surface area contributed by atoms with Crippen LogP contribution in [-0.2, 0) is 11.2 Å². The van der Waals surface area contributed by atoms with Crippen molar-refractivity contribution in [3.63, 3.8) is 0 Å². The molecule has 0 bridgehead atoms. The van der Waals surface area contributed by atoms with Crippen LogP contribution in [0.2, 0.25) is 0 Å². The van der Waals surface area contributed by atoms with E-state index in [0.29, 0.717) is 57.5 Å². The predicted octanol–water partition coefficient (Wildman–Crippen LogP) is 2.67. The number of carbonyl (C=O) groups is 1. The number of likely N-dealkylation sites (tertiary alicyclic amines) is 1. The van der Waals surface area contributed by atoms with Crippen LogP contribution in [0.1, 0.15) is 37.3 Å². The van der Waals surface area contributed by atoms with E-state index in [9.17, 15) is 14.3 Å². The van der Waals surface area contributed by atoms with Gasteiger partial charge in [0.05, 0.1) is 0 Å². The third kappa shape index (κ3) is 6.27. The van der Waals surface area contributed by atoms with Crippen LogP contribution in [0.4, 0.5) is 21.7 Å². The first-order chi connectivity index (χ1) is 17.8. The van der Waals surface area contributed by atoms with Crippen LogP contribution in [0.15, 0.2) is 17.1 Å². The Kier molecular flexibility index (Phi) is 8.42. The molecule has 2 aliphatic rings. The number of amides is 1. The molecule has 0 aliphatic carbocycles. The molecule has 2 aromatic rings. The quantitative estimate of drug-likeness (QED) is 0.386. The van der Waals surface area contributed by atoms with Crippen LogP contribution in [0.3, 0.4) is 0 Å². The summed E-state index contributed by atoms with van der Waals surface area (Å²) in [5.74, 6) is 1.88. The summed E-state index contributed by atoms with van der Waals surface area (Å²) in [7, 11) is 0. The van der Waals surface area contributed by atoms with Gasteiger partial charge in [0.1, 0.15) is 25.0 Å². The van der Waals surface area contributed by atoms with Gasteiger partial charge in [0.2, 0.25) is 0 Å². The van der Waals surface area contributed by atoms with E-state index in [-0.39, 0.29) is 17.4 Å². The molecule has 3 heterocycles. The van der Waals surface area contributed by atoms with E-state index in [1.165, 1.54) is 6.92 Å². The van der Waals surface area contributed by atoms with Crippen molar-refractivity contribution in [3.05, 3.63) is 29.3 Å². The van der Waals surface area contributed by atoms with Gasteiger partial charge in [0.25, 0.3) is 5.91 Å². The van der Waals surface area contributed by atoms with Crippen LogP contribution in [0, 0.1) is 18.9 Å². The lowest BCUT2D eigenvalue weighted by atomic mass is 9.93. The molecule has 0 spiro atoms. The van der Waals surface area contributed by atoms with E-state index < -0.39 is 12.2 Å². The maximum absolute atomic E-state index is 14.2. The van der Waals surface area contributed by atoms with Crippen LogP contribution < -0.4 is 20.1 Å². The number of hydrogen-bond acceptors (Lipinski definition) is 9. The summed E-state index contributed by atoms with van der Waals surface area (Å²) in [5.41, 5.74) is 8.38. The number of ether oxygens (including phenoxy) is 2. The molecule has 0 saturated carbocycles. The molecule has 4 rings (SSSR count). The fourth-order valence-electron chi connectivity index (χ4n) is 4.93. The molecule has 1 aromatic carbocycles. The van der Waals surface area contributed by atoms with E-state index in [1.807, 2.05) is 24.0 Å². The number of aryl methyl sites for hydroxylation is 1. The number of aliphatic hydroxyl groups is 1. The number of carbonyl (C=O) groups excluding carboxylic acids is 1. The van der Waals surface area contributed by atoms with E-state index in [4.69, 9.17) is 15.2 Å². The zero-order valence-corrected chi connectivity index (χ0v) is 21.5. The lowest BCUT2D eigenvalue weighted by Gasteiger charge is -2.34. The Morgan fingerprint density at radius 2 is 1.95 bits per heavy atom. The molecule has 11 heteroatoms. The van der Waals surface area contributed by atoms with Gasteiger partial charge in [0.15, 0.2) is 23.1 Å². The monoisotopic (exact) mass is 514 g/mol. The summed E-state index contributed by atoms with van der Waals surface area (Å²) in [6.07, 6.45) is 1.25. The first-order valence-corrected chi connectivity index (χ1v) is 12.7. The molecular weight excluding hydrogens is 479 g/mol. The summed E-state index contributed by atoms with van der Waals surface area (Å²) >= 11 is 0. The first-order valence-electron chi connectivity index (χ1n) is 12.7. The number of nitrogen functional groups attached to an aromatic ring is 1. The SMILES string of the molecule is C=Nc1c(N)nc(F)nc1N(CCc1cc2c(cc1C)OCCO2)CCC1CCN(C(=O)[C@H](C)O)CC1. The minimum Gasteiger partial charge on any atom is -0.486 e. The molecule has 1 amide bonds. The van der Waals surface area contributed by atoms with Gasteiger partial charge >= 0.3 is 6.08 Å². The number of aliphatic imine (C=N–C) groups is 1. The Morgan fingerprint density at radius 1 is 1.27 bits per heavy atom. The van der Waals surface area contributed by atoms with Crippen molar-refractivity contribution >= 4 is 29.9 Å². The summed E-state index contributed by atoms with van der Waals surface area (Å²) in [5, 5.41) is 9.59. The Bertz CT molecular complexity index is 1140. The lowest BCUT2D eigenvalue weighted by Crippen LogP contribution is -2.43. The third-order valence-electron chi connectivity index (χ3n) is 7.07. The number of anilines is 2. The predicted molar refractivity (Wildman–Crippen MR) is 139 cm³/mol. The summed E-state index contributed by atoms with van der Waals surface area (Å²) in [4.78, 5) is 27.4. The zero-order valence-electron chi connectivity index (χ0n) is 21.5. The Morgan fingerprint density at radius 3 is 2.59 bits per heavy atom. The normalized spacial score (nSPS) is 16.4. The van der Waals surface area contributed by atoms with Crippen molar-refractivity contribution in [1.29, 1.82) is 0 Å². The van der Waals surface area contributed by atoms with Crippen LogP contribution in [0.25, 0.3) is 0 Å². The fourth-order valence-corrected chi connectivity index (χ4v) is 4.93. The molecule has 1 fully saturated rings. The van der Waals surface area contributed by atoms with Crippen LogP contribution in [0.5, 0.6) is 11.5 Å². The number of fused-ring (bicyclic) bond motifs is 1. The van der Waals surface area contributed by atoms with Gasteiger partial charge in [-0.3, -0.25) is 9.79 Å². The molecule has 1 saturated heterocycles. The van der Waals surface area contributed by atoms with Gasteiger partial charge in [-0.15, -0.1) is 0 Å². The third-order valence-corrected chi connectivity index (χ3v) is 7.07. The first kappa shape index (κ1) is 26.6. The number of rotatable bonds is 9. The maximum Gasteiger partial charge on any atom is 0.312 e. The molecule has 2 aliphatic heterocycles. The van der Waals surface area contributed by atoms with Gasteiger partial charge in [-0.25, -0.2) is 0 Å². The second kappa shape index (κ2) is 11.7. The van der Waals surface area contributed by atoms with Crippen LogP contribution in [-0.4, -0.2) is 78.1 Å². The number of halogens is 1. The summed E-state index contributed by atoms with van der Waals surface area (Å²) in [6, 6.07) is 3.98. The van der Waals surface area contributed by atoms with Crippen molar-refractivity contribution in [3.8, 4) is 11.5 Å². The second-order valence-corrected chi connectivity index (χ2v) is 9.60. The summed E-state index contributed by atoms with van der Waals surface area (Å²) < 4.78 is 25.7. The number of piperidine rings is 1. The smallest absolute Gasteiger partial charge is 0.312 e. The number of nitrogens with two attached hydrogens (primary N) is 1. The molecule has 1 aromatic heterocycles. The minimum atomic E-state index is -0.987. The number of benzene rings is 1. The molecule has 1 atom stereocenters. The van der Waals surface area contributed by atoms with Gasteiger partial charge in [0, 0.05) is 26.2 Å². The average molecular weight is 515 g/mol. The second-order valence-electron chi connectivity index (χ2n) is 9.60. The van der Waals surface area contributed by atoms with Crippen LogP contribution >= 0.6 is 0 Å². The fraction of sp³-hybridized carbons (Fsp3) is 0.538. The number of hydrogen-bond donors (Lipinski definition) is 2. The highest BCUT2D eigenvalue weighted by Gasteiger charge is 2.26. The lowest BCUT2D eigenvalue weighted by molar-refractivity contribution is -0.140. The van der Waals surface area contributed by atoms with Gasteiger partial charge in [-0.2, -0.15) is 14.4 Å². The van der Waals surface area contributed by atoms with Crippen molar-refractivity contribution in [2.45, 2.75) is 45.6 Å². The molecule has 200 valence electrons.